The first-order chi connectivity index (χ1) is 30.9. The molecule has 2 aliphatic heterocycles. The van der Waals surface area contributed by atoms with Crippen LogP contribution in [0, 0.1) is 0 Å². The molecule has 2 saturated heterocycles. The number of anilines is 2. The Labute approximate surface area is 391 Å². The third-order valence-electron chi connectivity index (χ3n) is 11.1. The van der Waals surface area contributed by atoms with Crippen molar-refractivity contribution in [3.05, 3.63) is 130 Å². The SMILES string of the molecule is COc1ccccc1N1CCCN(CCCCOc2ccc3ccc(=O)[nH]c3c2)CC1.COc1ccccc1N1CCCNCC1.Cl.O=c1ccc2ccc(OCCCCBr)cc2[nH]1. The quantitative estimate of drug-likeness (QED) is 0.0680. The van der Waals surface area contributed by atoms with Crippen molar-refractivity contribution in [3.63, 3.8) is 0 Å². The van der Waals surface area contributed by atoms with Gasteiger partial charge >= 0.3 is 0 Å². The number of ether oxygens (including phenoxy) is 4. The zero-order valence-corrected chi connectivity index (χ0v) is 39.6. The average Bonchev–Trinajstić information content (AvgIpc) is 3.74. The maximum absolute atomic E-state index is 11.5. The van der Waals surface area contributed by atoms with E-state index in [1.807, 2.05) is 72.8 Å². The van der Waals surface area contributed by atoms with Gasteiger partial charge in [0.2, 0.25) is 11.1 Å². The molecule has 4 heterocycles. The Balaban J connectivity index is 0.000000197. The van der Waals surface area contributed by atoms with Crippen LogP contribution in [0.5, 0.6) is 23.0 Å². The minimum absolute atomic E-state index is 0. The molecule has 0 unspecified atom stereocenters. The number of halogens is 2. The fraction of sp³-hybridized carbons (Fsp3) is 0.400. The molecule has 0 bridgehead atoms. The second-order valence-electron chi connectivity index (χ2n) is 15.6. The highest BCUT2D eigenvalue weighted by Crippen LogP contribution is 2.29. The molecule has 12 nitrogen and oxygen atoms in total. The number of hydrogen-bond acceptors (Lipinski definition) is 10. The van der Waals surface area contributed by atoms with Crippen LogP contribution in [0.2, 0.25) is 0 Å². The first-order valence-corrected chi connectivity index (χ1v) is 23.3. The van der Waals surface area contributed by atoms with Crippen LogP contribution in [-0.2, 0) is 0 Å². The monoisotopic (exact) mass is 958 g/mol. The summed E-state index contributed by atoms with van der Waals surface area (Å²) in [6.07, 6.45) is 6.59. The van der Waals surface area contributed by atoms with Crippen molar-refractivity contribution in [1.29, 1.82) is 0 Å². The number of pyridine rings is 2. The standard InChI is InChI=1S/C25H31N3O3.C13H14BrNO2.C12H18N2O.ClH/c1-30-24-8-3-2-7-23(24)28-15-6-14-27(16-17-28)13-4-5-18-31-21-11-9-20-10-12-25(29)26-22(20)19-21;14-7-1-2-8-17-11-5-3-10-4-6-13(16)15-12(10)9-11;1-15-12-6-3-2-5-11(12)14-9-4-7-13-8-10-14;/h2-3,7-12,19H,4-6,13-18H2,1H3,(H,26,29);3-6,9H,1-2,7-8H2,(H,15,16);2-3,5-6,13H,4,7-10H2,1H3;1H. The molecule has 0 spiro atoms. The average molecular weight is 960 g/mol. The van der Waals surface area contributed by atoms with E-state index in [1.165, 1.54) is 23.9 Å². The van der Waals surface area contributed by atoms with Crippen LogP contribution < -0.4 is 45.2 Å². The molecule has 6 aromatic rings. The van der Waals surface area contributed by atoms with Gasteiger partial charge in [-0.1, -0.05) is 40.2 Å². The summed E-state index contributed by atoms with van der Waals surface area (Å²) in [6.45, 7) is 11.1. The molecule has 2 fully saturated rings. The molecule has 0 atom stereocenters. The molecule has 64 heavy (non-hydrogen) atoms. The maximum Gasteiger partial charge on any atom is 0.248 e. The van der Waals surface area contributed by atoms with Gasteiger partial charge in [-0.3, -0.25) is 9.59 Å². The van der Waals surface area contributed by atoms with E-state index in [0.717, 1.165) is 141 Å². The predicted octanol–water partition coefficient (Wildman–Crippen LogP) is 8.91. The topological polar surface area (TPSA) is 124 Å². The van der Waals surface area contributed by atoms with Crippen LogP contribution in [-0.4, -0.2) is 107 Å². The van der Waals surface area contributed by atoms with E-state index in [2.05, 4.69) is 70.2 Å². The van der Waals surface area contributed by atoms with Gasteiger partial charge in [0.1, 0.15) is 23.0 Å². The van der Waals surface area contributed by atoms with Gasteiger partial charge in [0.05, 0.1) is 49.8 Å². The fourth-order valence-corrected chi connectivity index (χ4v) is 8.15. The smallest absolute Gasteiger partial charge is 0.248 e. The van der Waals surface area contributed by atoms with Gasteiger partial charge in [0.15, 0.2) is 0 Å². The van der Waals surface area contributed by atoms with Gasteiger partial charge in [-0.05, 0) is 130 Å². The summed E-state index contributed by atoms with van der Waals surface area (Å²) < 4.78 is 22.4. The van der Waals surface area contributed by atoms with Gasteiger partial charge < -0.3 is 48.9 Å². The largest absolute Gasteiger partial charge is 0.495 e. The molecule has 0 amide bonds. The molecule has 8 rings (SSSR count). The molecule has 3 N–H and O–H groups in total. The van der Waals surface area contributed by atoms with Crippen LogP contribution in [0.15, 0.2) is 119 Å². The van der Waals surface area contributed by atoms with Crippen molar-refractivity contribution in [3.8, 4) is 23.0 Å². The Kier molecular flexibility index (Phi) is 21.2. The lowest BCUT2D eigenvalue weighted by Crippen LogP contribution is -2.31. The van der Waals surface area contributed by atoms with Gasteiger partial charge in [-0.15, -0.1) is 12.4 Å². The van der Waals surface area contributed by atoms with Gasteiger partial charge in [-0.25, -0.2) is 0 Å². The number of nitrogens with zero attached hydrogens (tertiary/aromatic N) is 3. The van der Waals surface area contributed by atoms with Crippen molar-refractivity contribution in [2.45, 2.75) is 38.5 Å². The van der Waals surface area contributed by atoms with Crippen molar-refractivity contribution in [2.75, 3.05) is 101 Å². The minimum atomic E-state index is -0.0913. The summed E-state index contributed by atoms with van der Waals surface area (Å²) in [5.74, 6) is 3.52. The minimum Gasteiger partial charge on any atom is -0.495 e. The molecule has 2 aromatic heterocycles. The highest BCUT2D eigenvalue weighted by molar-refractivity contribution is 9.09. The van der Waals surface area contributed by atoms with Gasteiger partial charge in [0.25, 0.3) is 0 Å². The number of benzene rings is 4. The van der Waals surface area contributed by atoms with E-state index in [-0.39, 0.29) is 23.5 Å². The zero-order valence-electron chi connectivity index (χ0n) is 37.2. The van der Waals surface area contributed by atoms with Gasteiger partial charge in [0, 0.05) is 68.9 Å². The number of hydrogen-bond donors (Lipinski definition) is 3. The van der Waals surface area contributed by atoms with Gasteiger partial charge in [-0.2, -0.15) is 0 Å². The Morgan fingerprint density at radius 1 is 0.562 bits per heavy atom. The summed E-state index contributed by atoms with van der Waals surface area (Å²) in [5, 5.41) is 6.42. The number of fused-ring (bicyclic) bond motifs is 2. The van der Waals surface area contributed by atoms with Crippen molar-refractivity contribution in [2.24, 2.45) is 0 Å². The number of aromatic amines is 2. The summed E-state index contributed by atoms with van der Waals surface area (Å²) >= 11 is 3.38. The highest BCUT2D eigenvalue weighted by Gasteiger charge is 2.17. The van der Waals surface area contributed by atoms with Crippen molar-refractivity contribution in [1.82, 2.24) is 20.2 Å². The Bertz CT molecular complexity index is 2410. The second-order valence-corrected chi connectivity index (χ2v) is 16.4. The molecule has 0 aliphatic carbocycles. The van der Waals surface area contributed by atoms with E-state index >= 15 is 0 Å². The predicted molar refractivity (Wildman–Crippen MR) is 269 cm³/mol. The van der Waals surface area contributed by atoms with Crippen molar-refractivity contribution < 1.29 is 18.9 Å². The summed E-state index contributed by atoms with van der Waals surface area (Å²) in [7, 11) is 3.47. The summed E-state index contributed by atoms with van der Waals surface area (Å²) in [6, 6.07) is 34.8. The van der Waals surface area contributed by atoms with Crippen LogP contribution in [0.25, 0.3) is 21.8 Å². The van der Waals surface area contributed by atoms with Crippen LogP contribution in [0.3, 0.4) is 0 Å². The van der Waals surface area contributed by atoms with E-state index < -0.39 is 0 Å². The number of H-pyrrole nitrogens is 2. The fourth-order valence-electron chi connectivity index (χ4n) is 7.76. The molecule has 2 aliphatic rings. The Morgan fingerprint density at radius 3 is 1.67 bits per heavy atom. The van der Waals surface area contributed by atoms with E-state index in [1.54, 1.807) is 20.3 Å². The summed E-state index contributed by atoms with van der Waals surface area (Å²) in [5.41, 5.74) is 3.85. The van der Waals surface area contributed by atoms with Crippen molar-refractivity contribution >= 4 is 61.5 Å². The zero-order chi connectivity index (χ0) is 44.1. The number of aromatic nitrogens is 2. The first-order valence-electron chi connectivity index (χ1n) is 22.2. The lowest BCUT2D eigenvalue weighted by Gasteiger charge is -2.25. The normalized spacial score (nSPS) is 14.2. The van der Waals surface area contributed by atoms with E-state index in [0.29, 0.717) is 13.2 Å². The molecule has 4 aromatic carbocycles. The lowest BCUT2D eigenvalue weighted by molar-refractivity contribution is 0.261. The van der Waals surface area contributed by atoms with E-state index in [4.69, 9.17) is 18.9 Å². The molecule has 0 saturated carbocycles. The lowest BCUT2D eigenvalue weighted by atomic mass is 10.2. The molecule has 0 radical (unpaired) electrons. The van der Waals surface area contributed by atoms with E-state index in [9.17, 15) is 9.59 Å². The number of methoxy groups -OCH3 is 2. The molecule has 344 valence electrons. The van der Waals surface area contributed by atoms with Crippen LogP contribution in [0.4, 0.5) is 11.4 Å². The number of unbranched alkanes of at least 4 members (excludes halogenated alkanes) is 2. The first kappa shape index (κ1) is 49.8. The third kappa shape index (κ3) is 15.5. The number of rotatable bonds is 15. The molecular formula is C50H64BrClN6O6. The third-order valence-corrected chi connectivity index (χ3v) is 11.7. The molecule has 14 heteroatoms. The number of alkyl halides is 1. The molecular weight excluding hydrogens is 896 g/mol. The second kappa shape index (κ2) is 27.2. The number of para-hydroxylation sites is 4. The Hall–Kier alpha value is -5.21. The Morgan fingerprint density at radius 2 is 1.09 bits per heavy atom. The maximum atomic E-state index is 11.5. The summed E-state index contributed by atoms with van der Waals surface area (Å²) in [4.78, 5) is 35.7. The van der Waals surface area contributed by atoms with Crippen LogP contribution >= 0.6 is 28.3 Å². The highest BCUT2D eigenvalue weighted by atomic mass is 79.9. The number of nitrogens with one attached hydrogen (secondary N) is 3. The van der Waals surface area contributed by atoms with Crippen LogP contribution in [0.1, 0.15) is 38.5 Å².